The number of aromatic nitrogens is 1. The van der Waals surface area contributed by atoms with Gasteiger partial charge in [-0.25, -0.2) is 4.79 Å². The van der Waals surface area contributed by atoms with Crippen LogP contribution in [0, 0.1) is 0 Å². The summed E-state index contributed by atoms with van der Waals surface area (Å²) in [5, 5.41) is 2.72. The maximum absolute atomic E-state index is 12.3. The van der Waals surface area contributed by atoms with Gasteiger partial charge in [-0.15, -0.1) is 0 Å². The molecule has 3 amide bonds. The topological polar surface area (TPSA) is 112 Å². The molecule has 2 N–H and O–H groups in total. The van der Waals surface area contributed by atoms with Gasteiger partial charge in [0.1, 0.15) is 0 Å². The van der Waals surface area contributed by atoms with E-state index in [1.807, 2.05) is 0 Å². The van der Waals surface area contributed by atoms with Gasteiger partial charge in [0.05, 0.1) is 16.6 Å². The number of hydrogen-bond acceptors (Lipinski definition) is 5. The van der Waals surface area contributed by atoms with Crippen LogP contribution in [-0.2, 0) is 4.79 Å². The molecule has 0 radical (unpaired) electrons. The lowest BCUT2D eigenvalue weighted by Gasteiger charge is -2.13. The van der Waals surface area contributed by atoms with Gasteiger partial charge in [0.15, 0.2) is 5.58 Å². The summed E-state index contributed by atoms with van der Waals surface area (Å²) in [4.78, 5) is 51.5. The van der Waals surface area contributed by atoms with Crippen molar-refractivity contribution in [2.75, 3.05) is 11.9 Å². The van der Waals surface area contributed by atoms with Gasteiger partial charge in [0.25, 0.3) is 11.8 Å². The van der Waals surface area contributed by atoms with Crippen LogP contribution in [0.3, 0.4) is 0 Å². The molecule has 0 spiro atoms. The van der Waals surface area contributed by atoms with Gasteiger partial charge in [-0.3, -0.25) is 24.3 Å². The molecule has 8 heteroatoms. The third-order valence-electron chi connectivity index (χ3n) is 4.37. The Morgan fingerprint density at radius 1 is 1.04 bits per heavy atom. The predicted octanol–water partition coefficient (Wildman–Crippen LogP) is 2.14. The molecule has 1 aliphatic heterocycles. The summed E-state index contributed by atoms with van der Waals surface area (Å²) in [6, 6.07) is 11.5. The van der Waals surface area contributed by atoms with Crippen LogP contribution in [0.2, 0.25) is 0 Å². The number of carbonyl (C=O) groups is 3. The molecule has 2 aromatic carbocycles. The third kappa shape index (κ3) is 3.12. The first-order valence-electron chi connectivity index (χ1n) is 8.41. The summed E-state index contributed by atoms with van der Waals surface area (Å²) in [6.07, 6.45) is 0.495. The number of hydrogen-bond donors (Lipinski definition) is 2. The Morgan fingerprint density at radius 2 is 1.74 bits per heavy atom. The maximum atomic E-state index is 12.3. The van der Waals surface area contributed by atoms with E-state index in [2.05, 4.69) is 10.3 Å². The van der Waals surface area contributed by atoms with Crippen molar-refractivity contribution in [2.24, 2.45) is 0 Å². The zero-order valence-corrected chi connectivity index (χ0v) is 14.2. The van der Waals surface area contributed by atoms with Crippen molar-refractivity contribution in [3.63, 3.8) is 0 Å². The van der Waals surface area contributed by atoms with E-state index >= 15 is 0 Å². The molecule has 3 aromatic rings. The second kappa shape index (κ2) is 6.56. The lowest BCUT2D eigenvalue weighted by molar-refractivity contribution is -0.116. The SMILES string of the molecule is O=C(CCCN1C(=O)c2ccccc2C1=O)Nc1ccc2oc(=O)[nH]c2c1. The van der Waals surface area contributed by atoms with Gasteiger partial charge in [-0.2, -0.15) is 0 Å². The summed E-state index contributed by atoms with van der Waals surface area (Å²) >= 11 is 0. The first-order chi connectivity index (χ1) is 13.0. The van der Waals surface area contributed by atoms with Crippen LogP contribution in [0.1, 0.15) is 33.6 Å². The van der Waals surface area contributed by atoms with Crippen molar-refractivity contribution in [3.05, 3.63) is 64.1 Å². The van der Waals surface area contributed by atoms with Crippen molar-refractivity contribution >= 4 is 34.5 Å². The normalized spacial score (nSPS) is 13.3. The first-order valence-corrected chi connectivity index (χ1v) is 8.41. The summed E-state index contributed by atoms with van der Waals surface area (Å²) in [5.74, 6) is -1.47. The van der Waals surface area contributed by atoms with Gasteiger partial charge in [-0.1, -0.05) is 12.1 Å². The molecule has 0 fully saturated rings. The molecule has 4 rings (SSSR count). The van der Waals surface area contributed by atoms with E-state index in [0.29, 0.717) is 34.3 Å². The molecular weight excluding hydrogens is 350 g/mol. The molecule has 0 unspecified atom stereocenters. The Hall–Kier alpha value is -3.68. The number of fused-ring (bicyclic) bond motifs is 2. The van der Waals surface area contributed by atoms with Crippen LogP contribution in [0.15, 0.2) is 51.7 Å². The predicted molar refractivity (Wildman–Crippen MR) is 96.5 cm³/mol. The number of aromatic amines is 1. The summed E-state index contributed by atoms with van der Waals surface area (Å²) < 4.78 is 4.90. The highest BCUT2D eigenvalue weighted by Crippen LogP contribution is 2.23. The lowest BCUT2D eigenvalue weighted by atomic mass is 10.1. The lowest BCUT2D eigenvalue weighted by Crippen LogP contribution is -2.31. The number of H-pyrrole nitrogens is 1. The van der Waals surface area contributed by atoms with Crippen LogP contribution in [-0.4, -0.2) is 34.2 Å². The van der Waals surface area contributed by atoms with Crippen LogP contribution in [0.25, 0.3) is 11.1 Å². The molecule has 136 valence electrons. The van der Waals surface area contributed by atoms with Gasteiger partial charge in [0, 0.05) is 18.7 Å². The van der Waals surface area contributed by atoms with Crippen LogP contribution >= 0.6 is 0 Å². The molecule has 2 heterocycles. The zero-order chi connectivity index (χ0) is 19.0. The Labute approximate surface area is 152 Å². The highest BCUT2D eigenvalue weighted by Gasteiger charge is 2.34. The van der Waals surface area contributed by atoms with E-state index in [1.165, 1.54) is 4.90 Å². The number of oxazole rings is 1. The number of anilines is 1. The van der Waals surface area contributed by atoms with E-state index < -0.39 is 5.76 Å². The van der Waals surface area contributed by atoms with E-state index in [9.17, 15) is 19.2 Å². The minimum atomic E-state index is -0.561. The number of benzene rings is 2. The molecule has 8 nitrogen and oxygen atoms in total. The largest absolute Gasteiger partial charge is 0.417 e. The first kappa shape index (κ1) is 16.8. The molecule has 1 aromatic heterocycles. The second-order valence-electron chi connectivity index (χ2n) is 6.18. The molecule has 0 saturated heterocycles. The van der Waals surface area contributed by atoms with Crippen molar-refractivity contribution in [2.45, 2.75) is 12.8 Å². The standard InChI is InChI=1S/C19H15N3O5/c23-16(20-11-7-8-15-14(10-11)21-19(26)27-15)6-3-9-22-17(24)12-4-1-2-5-13(12)18(22)25/h1-2,4-5,7-8,10H,3,6,9H2,(H,20,23)(H,21,26). The van der Waals surface area contributed by atoms with Gasteiger partial charge in [0.2, 0.25) is 5.91 Å². The summed E-state index contributed by atoms with van der Waals surface area (Å²) in [5.41, 5.74) is 2.21. The number of nitrogens with zero attached hydrogens (tertiary/aromatic N) is 1. The summed E-state index contributed by atoms with van der Waals surface area (Å²) in [7, 11) is 0. The fourth-order valence-electron chi connectivity index (χ4n) is 3.09. The zero-order valence-electron chi connectivity index (χ0n) is 14.2. The Morgan fingerprint density at radius 3 is 2.44 bits per heavy atom. The molecule has 1 aliphatic rings. The number of rotatable bonds is 5. The van der Waals surface area contributed by atoms with Crippen molar-refractivity contribution in [1.82, 2.24) is 9.88 Å². The Balaban J connectivity index is 1.34. The molecule has 0 saturated carbocycles. The smallest absolute Gasteiger partial charge is 0.408 e. The number of nitrogens with one attached hydrogen (secondary N) is 2. The number of carbonyl (C=O) groups excluding carboxylic acids is 3. The highest BCUT2D eigenvalue weighted by molar-refractivity contribution is 6.21. The molecule has 0 aliphatic carbocycles. The van der Waals surface area contributed by atoms with Crippen molar-refractivity contribution in [1.29, 1.82) is 0 Å². The fraction of sp³-hybridized carbons (Fsp3) is 0.158. The minimum Gasteiger partial charge on any atom is -0.408 e. The quantitative estimate of drug-likeness (QED) is 0.673. The van der Waals surface area contributed by atoms with Crippen LogP contribution < -0.4 is 11.1 Å². The monoisotopic (exact) mass is 365 g/mol. The average Bonchev–Trinajstić information content (AvgIpc) is 3.13. The highest BCUT2D eigenvalue weighted by atomic mass is 16.4. The fourth-order valence-corrected chi connectivity index (χ4v) is 3.09. The third-order valence-corrected chi connectivity index (χ3v) is 4.37. The van der Waals surface area contributed by atoms with Crippen molar-refractivity contribution in [3.8, 4) is 0 Å². The minimum absolute atomic E-state index is 0.146. The van der Waals surface area contributed by atoms with E-state index in [0.717, 1.165) is 0 Å². The van der Waals surface area contributed by atoms with Crippen LogP contribution in [0.5, 0.6) is 0 Å². The number of imide groups is 1. The maximum Gasteiger partial charge on any atom is 0.417 e. The van der Waals surface area contributed by atoms with E-state index in [1.54, 1.807) is 42.5 Å². The Bertz CT molecular complexity index is 1090. The molecular formula is C19H15N3O5. The molecule has 27 heavy (non-hydrogen) atoms. The van der Waals surface area contributed by atoms with E-state index in [4.69, 9.17) is 4.42 Å². The van der Waals surface area contributed by atoms with Gasteiger partial charge < -0.3 is 9.73 Å². The molecule has 0 bridgehead atoms. The molecule has 0 atom stereocenters. The average molecular weight is 365 g/mol. The summed E-state index contributed by atoms with van der Waals surface area (Å²) in [6.45, 7) is 0.174. The second-order valence-corrected chi connectivity index (χ2v) is 6.18. The van der Waals surface area contributed by atoms with Crippen LogP contribution in [0.4, 0.5) is 5.69 Å². The van der Waals surface area contributed by atoms with E-state index in [-0.39, 0.29) is 30.7 Å². The van der Waals surface area contributed by atoms with Crippen molar-refractivity contribution < 1.29 is 18.8 Å². The van der Waals surface area contributed by atoms with Gasteiger partial charge in [-0.05, 0) is 36.8 Å². The Kier molecular flexibility index (Phi) is 4.08. The van der Waals surface area contributed by atoms with Gasteiger partial charge >= 0.3 is 5.76 Å². The number of amides is 3.